The summed E-state index contributed by atoms with van der Waals surface area (Å²) in [6.45, 7) is 3.48. The molecule has 4 nitrogen and oxygen atoms in total. The number of amides is 1. The first-order valence-electron chi connectivity index (χ1n) is 8.75. The Kier molecular flexibility index (Phi) is 4.63. The summed E-state index contributed by atoms with van der Waals surface area (Å²) in [6.07, 6.45) is 1.26. The van der Waals surface area contributed by atoms with Gasteiger partial charge < -0.3 is 14.8 Å². The fourth-order valence-corrected chi connectivity index (χ4v) is 5.11. The molecule has 1 aromatic carbocycles. The molecule has 4 rings (SSSR count). The van der Waals surface area contributed by atoms with Crippen LogP contribution in [0.25, 0.3) is 11.1 Å². The van der Waals surface area contributed by atoms with Crippen molar-refractivity contribution in [1.82, 2.24) is 5.32 Å². The summed E-state index contributed by atoms with van der Waals surface area (Å²) in [5.41, 5.74) is 2.91. The lowest BCUT2D eigenvalue weighted by molar-refractivity contribution is -0.0809. The molecule has 1 aliphatic carbocycles. The molecule has 0 bridgehead atoms. The number of hydrogen-bond acceptors (Lipinski definition) is 4. The second kappa shape index (κ2) is 6.90. The molecule has 1 saturated heterocycles. The van der Waals surface area contributed by atoms with Crippen molar-refractivity contribution >= 4 is 17.2 Å². The molecule has 2 heterocycles. The van der Waals surface area contributed by atoms with Crippen molar-refractivity contribution in [3.63, 3.8) is 0 Å². The molecule has 2 fully saturated rings. The van der Waals surface area contributed by atoms with Crippen molar-refractivity contribution in [2.75, 3.05) is 20.3 Å². The van der Waals surface area contributed by atoms with Crippen LogP contribution in [0.2, 0.25) is 0 Å². The molecule has 1 N–H and O–H groups in total. The van der Waals surface area contributed by atoms with E-state index < -0.39 is 0 Å². The van der Waals surface area contributed by atoms with E-state index in [1.165, 1.54) is 4.88 Å². The first kappa shape index (κ1) is 16.8. The van der Waals surface area contributed by atoms with Crippen molar-refractivity contribution in [3.05, 3.63) is 46.2 Å². The van der Waals surface area contributed by atoms with E-state index in [1.807, 2.05) is 23.6 Å². The Labute approximate surface area is 152 Å². The van der Waals surface area contributed by atoms with Gasteiger partial charge in [0.25, 0.3) is 5.91 Å². The Morgan fingerprint density at radius 2 is 2.16 bits per heavy atom. The summed E-state index contributed by atoms with van der Waals surface area (Å²) < 4.78 is 11.1. The quantitative estimate of drug-likeness (QED) is 0.891. The number of thiophene rings is 1. The summed E-state index contributed by atoms with van der Waals surface area (Å²) in [7, 11) is 1.71. The Hall–Kier alpha value is -1.69. The van der Waals surface area contributed by atoms with E-state index >= 15 is 0 Å². The number of aryl methyl sites for hydroxylation is 1. The first-order valence-corrected chi connectivity index (χ1v) is 9.63. The zero-order valence-electron chi connectivity index (χ0n) is 14.5. The largest absolute Gasteiger partial charge is 0.384 e. The summed E-state index contributed by atoms with van der Waals surface area (Å²) in [5.74, 6) is 0.685. The monoisotopic (exact) mass is 357 g/mol. The molecular weight excluding hydrogens is 334 g/mol. The maximum Gasteiger partial charge on any atom is 0.253 e. The molecule has 1 aromatic heterocycles. The van der Waals surface area contributed by atoms with Gasteiger partial charge in [0, 0.05) is 47.4 Å². The zero-order valence-corrected chi connectivity index (χ0v) is 15.3. The van der Waals surface area contributed by atoms with Gasteiger partial charge in [0.2, 0.25) is 0 Å². The van der Waals surface area contributed by atoms with Crippen LogP contribution >= 0.6 is 11.3 Å². The third kappa shape index (κ3) is 2.90. The van der Waals surface area contributed by atoms with E-state index in [0.29, 0.717) is 12.5 Å². The van der Waals surface area contributed by atoms with Gasteiger partial charge in [-0.3, -0.25) is 4.79 Å². The number of methoxy groups -OCH3 is 1. The van der Waals surface area contributed by atoms with Gasteiger partial charge in [-0.2, -0.15) is 0 Å². The minimum absolute atomic E-state index is 0.0136. The van der Waals surface area contributed by atoms with Crippen LogP contribution in [0.15, 0.2) is 35.7 Å². The molecule has 25 heavy (non-hydrogen) atoms. The van der Waals surface area contributed by atoms with Gasteiger partial charge in [-0.25, -0.2) is 0 Å². The minimum atomic E-state index is 0.0136. The molecule has 1 aliphatic heterocycles. The van der Waals surface area contributed by atoms with Gasteiger partial charge >= 0.3 is 0 Å². The fourth-order valence-electron chi connectivity index (χ4n) is 4.25. The van der Waals surface area contributed by atoms with Crippen molar-refractivity contribution in [2.24, 2.45) is 11.8 Å². The van der Waals surface area contributed by atoms with Gasteiger partial charge in [-0.1, -0.05) is 30.3 Å². The lowest BCUT2D eigenvalue weighted by atomic mass is 9.67. The molecule has 132 valence electrons. The van der Waals surface area contributed by atoms with Crippen LogP contribution in [-0.2, 0) is 9.47 Å². The third-order valence-electron chi connectivity index (χ3n) is 5.47. The van der Waals surface area contributed by atoms with E-state index in [4.69, 9.17) is 9.47 Å². The number of ether oxygens (including phenoxy) is 2. The Balaban J connectivity index is 1.56. The highest BCUT2D eigenvalue weighted by Crippen LogP contribution is 2.44. The molecular formula is C20H23NO3S. The van der Waals surface area contributed by atoms with Crippen LogP contribution in [-0.4, -0.2) is 38.4 Å². The SMILES string of the molecule is COCC1C(NC(=O)c2csc(C)c2-c2ccccc2)C2CCOC21. The van der Waals surface area contributed by atoms with Crippen molar-refractivity contribution in [3.8, 4) is 11.1 Å². The highest BCUT2D eigenvalue weighted by molar-refractivity contribution is 7.10. The predicted molar refractivity (Wildman–Crippen MR) is 99.0 cm³/mol. The summed E-state index contributed by atoms with van der Waals surface area (Å²) in [6, 6.07) is 10.3. The van der Waals surface area contributed by atoms with E-state index in [-0.39, 0.29) is 24.0 Å². The van der Waals surface area contributed by atoms with Crippen molar-refractivity contribution in [2.45, 2.75) is 25.5 Å². The second-order valence-corrected chi connectivity index (χ2v) is 7.94. The van der Waals surface area contributed by atoms with Crippen LogP contribution in [0.4, 0.5) is 0 Å². The van der Waals surface area contributed by atoms with Gasteiger partial charge in [-0.15, -0.1) is 11.3 Å². The molecule has 1 amide bonds. The summed E-state index contributed by atoms with van der Waals surface area (Å²) >= 11 is 1.63. The normalized spacial score (nSPS) is 27.6. The number of carbonyl (C=O) groups is 1. The van der Waals surface area contributed by atoms with E-state index in [2.05, 4.69) is 24.4 Å². The van der Waals surface area contributed by atoms with Crippen LogP contribution < -0.4 is 5.32 Å². The maximum atomic E-state index is 13.0. The molecule has 5 heteroatoms. The van der Waals surface area contributed by atoms with Gasteiger partial charge in [0.15, 0.2) is 0 Å². The Bertz CT molecular complexity index is 758. The van der Waals surface area contributed by atoms with Crippen molar-refractivity contribution < 1.29 is 14.3 Å². The number of fused-ring (bicyclic) bond motifs is 1. The average molecular weight is 357 g/mol. The first-order chi connectivity index (χ1) is 12.2. The molecule has 4 atom stereocenters. The maximum absolute atomic E-state index is 13.0. The van der Waals surface area contributed by atoms with Gasteiger partial charge in [0.1, 0.15) is 0 Å². The number of rotatable bonds is 5. The average Bonchev–Trinajstić information content (AvgIpc) is 3.22. The van der Waals surface area contributed by atoms with E-state index in [9.17, 15) is 4.79 Å². The summed E-state index contributed by atoms with van der Waals surface area (Å²) in [4.78, 5) is 14.2. The second-order valence-electron chi connectivity index (χ2n) is 6.85. The molecule has 1 saturated carbocycles. The third-order valence-corrected chi connectivity index (χ3v) is 6.38. The predicted octanol–water partition coefficient (Wildman–Crippen LogP) is 3.50. The van der Waals surface area contributed by atoms with Crippen LogP contribution in [0.3, 0.4) is 0 Å². The zero-order chi connectivity index (χ0) is 17.4. The molecule has 2 aromatic rings. The molecule has 0 radical (unpaired) electrons. The van der Waals surface area contributed by atoms with Gasteiger partial charge in [0.05, 0.1) is 18.3 Å². The molecule has 2 aliphatic rings. The highest BCUT2D eigenvalue weighted by Gasteiger charge is 2.54. The van der Waals surface area contributed by atoms with E-state index in [1.54, 1.807) is 18.4 Å². The van der Waals surface area contributed by atoms with Crippen LogP contribution in [0.5, 0.6) is 0 Å². The lowest BCUT2D eigenvalue weighted by Gasteiger charge is -2.47. The Morgan fingerprint density at radius 3 is 2.92 bits per heavy atom. The van der Waals surface area contributed by atoms with Crippen molar-refractivity contribution in [1.29, 1.82) is 0 Å². The molecule has 0 spiro atoms. The van der Waals surface area contributed by atoms with Gasteiger partial charge in [-0.05, 0) is 18.9 Å². The molecule has 4 unspecified atom stereocenters. The number of hydrogen-bond donors (Lipinski definition) is 1. The Morgan fingerprint density at radius 1 is 1.36 bits per heavy atom. The number of nitrogens with one attached hydrogen (secondary N) is 1. The fraction of sp³-hybridized carbons (Fsp3) is 0.450. The number of benzene rings is 1. The highest BCUT2D eigenvalue weighted by atomic mass is 32.1. The minimum Gasteiger partial charge on any atom is -0.384 e. The lowest BCUT2D eigenvalue weighted by Crippen LogP contribution is -2.62. The van der Waals surface area contributed by atoms with E-state index in [0.717, 1.165) is 29.7 Å². The summed E-state index contributed by atoms with van der Waals surface area (Å²) in [5, 5.41) is 5.24. The number of carbonyl (C=O) groups excluding carboxylic acids is 1. The van der Waals surface area contributed by atoms with Crippen LogP contribution in [0, 0.1) is 18.8 Å². The van der Waals surface area contributed by atoms with Crippen LogP contribution in [0.1, 0.15) is 21.7 Å². The smallest absolute Gasteiger partial charge is 0.253 e. The standard InChI is InChI=1S/C20H23NO3S/c1-12-17(13-6-4-3-5-7-13)16(11-25-12)20(22)21-18-14-8-9-24-19(14)15(18)10-23-2/h3-7,11,14-15,18-19H,8-10H2,1-2H3,(H,21,22). The topological polar surface area (TPSA) is 47.6 Å².